The summed E-state index contributed by atoms with van der Waals surface area (Å²) in [5.41, 5.74) is 1.60. The van der Waals surface area contributed by atoms with Crippen molar-refractivity contribution < 1.29 is 0 Å². The van der Waals surface area contributed by atoms with E-state index in [1.54, 1.807) is 6.20 Å². The van der Waals surface area contributed by atoms with Gasteiger partial charge in [-0.1, -0.05) is 45.2 Å². The van der Waals surface area contributed by atoms with E-state index in [4.69, 9.17) is 23.2 Å². The van der Waals surface area contributed by atoms with E-state index in [1.165, 1.54) is 0 Å². The maximum Gasteiger partial charge on any atom is 0.164 e. The van der Waals surface area contributed by atoms with E-state index in [0.29, 0.717) is 19.7 Å². The number of nitrogens with zero attached hydrogens (tertiary/aromatic N) is 3. The first-order valence-electron chi connectivity index (χ1n) is 5.50. The minimum absolute atomic E-state index is 0.340. The molecule has 2 heterocycles. The molecule has 1 aromatic carbocycles. The first kappa shape index (κ1) is 14.4. The maximum atomic E-state index is 6.08. The molecule has 3 nitrogen and oxygen atoms in total. The summed E-state index contributed by atoms with van der Waals surface area (Å²) in [4.78, 5) is 13.0. The second-order valence-electron chi connectivity index (χ2n) is 3.94. The van der Waals surface area contributed by atoms with Crippen molar-refractivity contribution in [3.05, 3.63) is 48.8 Å². The molecule has 0 unspecified atom stereocenters. The van der Waals surface area contributed by atoms with Crippen LogP contribution in [-0.4, -0.2) is 15.0 Å². The summed E-state index contributed by atoms with van der Waals surface area (Å²) in [7, 11) is 0. The summed E-state index contributed by atoms with van der Waals surface area (Å²) < 4.78 is 1.61. The molecular formula is C13H5BrCl2IN3. The lowest BCUT2D eigenvalue weighted by molar-refractivity contribution is 1.16. The Kier molecular flexibility index (Phi) is 4.12. The zero-order valence-electron chi connectivity index (χ0n) is 9.74. The van der Waals surface area contributed by atoms with Crippen LogP contribution in [0.5, 0.6) is 0 Å². The van der Waals surface area contributed by atoms with E-state index in [0.717, 1.165) is 20.9 Å². The number of fused-ring (bicyclic) bond motifs is 1. The molecule has 100 valence electrons. The van der Waals surface area contributed by atoms with Gasteiger partial charge in [-0.3, -0.25) is 4.98 Å². The second kappa shape index (κ2) is 5.71. The molecule has 0 radical (unpaired) electrons. The van der Waals surface area contributed by atoms with Gasteiger partial charge in [0.05, 0.1) is 9.09 Å². The predicted octanol–water partition coefficient (Wildman–Crippen LogP) is 5.37. The van der Waals surface area contributed by atoms with Crippen LogP contribution in [0.2, 0.25) is 10.3 Å². The summed E-state index contributed by atoms with van der Waals surface area (Å²) in [5, 5.41) is 1.67. The van der Waals surface area contributed by atoms with Crippen LogP contribution < -0.4 is 0 Å². The molecule has 0 N–H and O–H groups in total. The fourth-order valence-corrected chi connectivity index (χ4v) is 2.91. The van der Waals surface area contributed by atoms with Crippen molar-refractivity contribution in [2.24, 2.45) is 0 Å². The zero-order chi connectivity index (χ0) is 14.3. The van der Waals surface area contributed by atoms with Crippen LogP contribution in [0.15, 0.2) is 34.9 Å². The van der Waals surface area contributed by atoms with Crippen LogP contribution >= 0.6 is 61.7 Å². The molecule has 7 heteroatoms. The molecule has 3 aromatic rings. The fourth-order valence-electron chi connectivity index (χ4n) is 1.83. The Labute approximate surface area is 147 Å². The molecule has 0 fully saturated rings. The predicted molar refractivity (Wildman–Crippen MR) is 93.2 cm³/mol. The average Bonchev–Trinajstić information content (AvgIpc) is 2.45. The van der Waals surface area contributed by atoms with Crippen molar-refractivity contribution in [1.82, 2.24) is 15.0 Å². The highest BCUT2D eigenvalue weighted by Gasteiger charge is 2.14. The minimum Gasteiger partial charge on any atom is -0.255 e. The summed E-state index contributed by atoms with van der Waals surface area (Å²) in [6, 6.07) is 7.69. The summed E-state index contributed by atoms with van der Waals surface area (Å²) >= 11 is 17.7. The number of halogens is 4. The van der Waals surface area contributed by atoms with Crippen LogP contribution in [0.3, 0.4) is 0 Å². The van der Waals surface area contributed by atoms with E-state index in [1.807, 2.05) is 46.9 Å². The topological polar surface area (TPSA) is 38.7 Å². The molecule has 3 rings (SSSR count). The molecule has 0 bridgehead atoms. The Hall–Kier alpha value is -0.500. The van der Waals surface area contributed by atoms with Gasteiger partial charge in [0.1, 0.15) is 10.3 Å². The van der Waals surface area contributed by atoms with Crippen molar-refractivity contribution in [1.29, 1.82) is 0 Å². The van der Waals surface area contributed by atoms with Crippen molar-refractivity contribution in [3.63, 3.8) is 0 Å². The van der Waals surface area contributed by atoms with Crippen molar-refractivity contribution in [3.8, 4) is 11.4 Å². The van der Waals surface area contributed by atoms with Gasteiger partial charge in [-0.25, -0.2) is 9.97 Å². The highest BCUT2D eigenvalue weighted by Crippen LogP contribution is 2.32. The van der Waals surface area contributed by atoms with E-state index in [-0.39, 0.29) is 0 Å². The second-order valence-corrected chi connectivity index (χ2v) is 6.59. The molecule has 2 aromatic heterocycles. The molecule has 0 spiro atoms. The smallest absolute Gasteiger partial charge is 0.164 e. The number of hydrogen-bond acceptors (Lipinski definition) is 3. The van der Waals surface area contributed by atoms with Crippen LogP contribution in [-0.2, 0) is 0 Å². The standard InChI is InChI=1S/C13H5BrCl2IN3/c14-8-4-3-7(10-6(8)2-1-5-18-10)13-19-11(15)9(17)12(16)20-13/h1-5H. The van der Waals surface area contributed by atoms with Crippen LogP contribution in [0.4, 0.5) is 0 Å². The molecule has 0 aliphatic rings. The van der Waals surface area contributed by atoms with E-state index in [9.17, 15) is 0 Å². The van der Waals surface area contributed by atoms with Gasteiger partial charge in [0, 0.05) is 21.6 Å². The number of pyridine rings is 1. The Bertz CT molecular complexity index is 803. The Morgan fingerprint density at radius 2 is 1.75 bits per heavy atom. The lowest BCUT2D eigenvalue weighted by Gasteiger charge is -2.08. The third kappa shape index (κ3) is 2.52. The van der Waals surface area contributed by atoms with Crippen LogP contribution in [0.25, 0.3) is 22.3 Å². The molecule has 0 aliphatic carbocycles. The lowest BCUT2D eigenvalue weighted by Crippen LogP contribution is -1.95. The fraction of sp³-hybridized carbons (Fsp3) is 0. The van der Waals surface area contributed by atoms with Gasteiger partial charge in [-0.05, 0) is 40.8 Å². The maximum absolute atomic E-state index is 6.08. The summed E-state index contributed by atoms with van der Waals surface area (Å²) in [6.07, 6.45) is 1.73. The van der Waals surface area contributed by atoms with E-state index < -0.39 is 0 Å². The zero-order valence-corrected chi connectivity index (χ0v) is 15.0. The van der Waals surface area contributed by atoms with Gasteiger partial charge in [0.2, 0.25) is 0 Å². The van der Waals surface area contributed by atoms with Crippen molar-refractivity contribution >= 4 is 72.6 Å². The quantitative estimate of drug-likeness (QED) is 0.347. The number of aromatic nitrogens is 3. The first-order valence-corrected chi connectivity index (χ1v) is 8.13. The van der Waals surface area contributed by atoms with Gasteiger partial charge in [0.25, 0.3) is 0 Å². The molecular weight excluding hydrogens is 476 g/mol. The van der Waals surface area contributed by atoms with Crippen LogP contribution in [0, 0.1) is 3.57 Å². The summed E-state index contributed by atoms with van der Waals surface area (Å²) in [5.74, 6) is 0.469. The lowest BCUT2D eigenvalue weighted by atomic mass is 10.1. The highest BCUT2D eigenvalue weighted by atomic mass is 127. The third-order valence-electron chi connectivity index (χ3n) is 2.73. The SMILES string of the molecule is Clc1nc(-c2ccc(Br)c3cccnc23)nc(Cl)c1I. The molecule has 20 heavy (non-hydrogen) atoms. The monoisotopic (exact) mass is 479 g/mol. The van der Waals surface area contributed by atoms with E-state index >= 15 is 0 Å². The average molecular weight is 481 g/mol. The summed E-state index contributed by atoms with van der Waals surface area (Å²) in [6.45, 7) is 0. The van der Waals surface area contributed by atoms with Gasteiger partial charge in [-0.15, -0.1) is 0 Å². The molecule has 0 atom stereocenters. The molecule has 0 saturated carbocycles. The van der Waals surface area contributed by atoms with Gasteiger partial charge in [0.15, 0.2) is 5.82 Å². The third-order valence-corrected chi connectivity index (χ3v) is 5.63. The molecule has 0 amide bonds. The largest absolute Gasteiger partial charge is 0.255 e. The Morgan fingerprint density at radius 3 is 2.45 bits per heavy atom. The van der Waals surface area contributed by atoms with Gasteiger partial charge < -0.3 is 0 Å². The number of benzene rings is 1. The number of rotatable bonds is 1. The van der Waals surface area contributed by atoms with Gasteiger partial charge >= 0.3 is 0 Å². The first-order chi connectivity index (χ1) is 9.58. The Balaban J connectivity index is 2.33. The van der Waals surface area contributed by atoms with Crippen molar-refractivity contribution in [2.75, 3.05) is 0 Å². The van der Waals surface area contributed by atoms with Gasteiger partial charge in [-0.2, -0.15) is 0 Å². The highest BCUT2D eigenvalue weighted by molar-refractivity contribution is 14.1. The minimum atomic E-state index is 0.340. The van der Waals surface area contributed by atoms with E-state index in [2.05, 4.69) is 30.9 Å². The molecule has 0 saturated heterocycles. The number of hydrogen-bond donors (Lipinski definition) is 0. The Morgan fingerprint density at radius 1 is 1.05 bits per heavy atom. The van der Waals surface area contributed by atoms with Crippen molar-refractivity contribution in [2.45, 2.75) is 0 Å². The normalized spacial score (nSPS) is 11.0. The van der Waals surface area contributed by atoms with Crippen LogP contribution in [0.1, 0.15) is 0 Å². The molecule has 0 aliphatic heterocycles.